The Morgan fingerprint density at radius 1 is 1.33 bits per heavy atom. The molecule has 2 rings (SSSR count). The highest BCUT2D eigenvalue weighted by atomic mass is 15.2. The molecule has 1 aromatic heterocycles. The van der Waals surface area contributed by atoms with Crippen molar-refractivity contribution in [2.24, 2.45) is 5.73 Å². The van der Waals surface area contributed by atoms with Gasteiger partial charge in [0.05, 0.1) is 6.54 Å². The van der Waals surface area contributed by atoms with Gasteiger partial charge in [-0.05, 0) is 18.1 Å². The lowest BCUT2D eigenvalue weighted by Crippen LogP contribution is -1.98. The lowest BCUT2D eigenvalue weighted by atomic mass is 10.1. The van der Waals surface area contributed by atoms with Crippen LogP contribution in [0.15, 0.2) is 24.3 Å². The number of aryl methyl sites for hydroxylation is 1. The second kappa shape index (κ2) is 4.23. The first-order valence-electron chi connectivity index (χ1n) is 4.94. The van der Waals surface area contributed by atoms with E-state index < -0.39 is 0 Å². The van der Waals surface area contributed by atoms with Crippen LogP contribution in [0.4, 0.5) is 0 Å². The maximum atomic E-state index is 5.44. The zero-order valence-electron chi connectivity index (χ0n) is 8.70. The molecule has 0 amide bonds. The summed E-state index contributed by atoms with van der Waals surface area (Å²) in [5, 5.41) is 6.89. The van der Waals surface area contributed by atoms with Crippen molar-refractivity contribution in [3.63, 3.8) is 0 Å². The van der Waals surface area contributed by atoms with Crippen molar-refractivity contribution in [2.45, 2.75) is 19.9 Å². The molecule has 1 aromatic carbocycles. The minimum absolute atomic E-state index is 0.379. The molecular formula is C11H14N4. The molecule has 0 spiro atoms. The Hall–Kier alpha value is -1.68. The molecule has 0 aliphatic rings. The van der Waals surface area contributed by atoms with Crippen molar-refractivity contribution in [3.8, 4) is 0 Å². The van der Waals surface area contributed by atoms with Gasteiger partial charge in [0.1, 0.15) is 5.82 Å². The van der Waals surface area contributed by atoms with E-state index in [2.05, 4.69) is 34.2 Å². The summed E-state index contributed by atoms with van der Waals surface area (Å²) in [7, 11) is 0. The molecule has 0 saturated heterocycles. The fraction of sp³-hybridized carbons (Fsp3) is 0.273. The lowest BCUT2D eigenvalue weighted by molar-refractivity contribution is 0.916. The molecule has 0 radical (unpaired) electrons. The number of aromatic nitrogens is 3. The van der Waals surface area contributed by atoms with Gasteiger partial charge < -0.3 is 5.73 Å². The van der Waals surface area contributed by atoms with Crippen LogP contribution in [0.2, 0.25) is 0 Å². The lowest BCUT2D eigenvalue weighted by Gasteiger charge is -2.01. The average Bonchev–Trinajstić information content (AvgIpc) is 2.69. The molecule has 2 aromatic rings. The van der Waals surface area contributed by atoms with Crippen LogP contribution in [-0.2, 0) is 13.0 Å². The van der Waals surface area contributed by atoms with Crippen LogP contribution >= 0.6 is 0 Å². The predicted molar refractivity (Wildman–Crippen MR) is 58.3 cm³/mol. The number of H-pyrrole nitrogens is 1. The normalized spacial score (nSPS) is 10.5. The summed E-state index contributed by atoms with van der Waals surface area (Å²) in [6.07, 6.45) is 0.777. The van der Waals surface area contributed by atoms with Crippen molar-refractivity contribution < 1.29 is 0 Å². The number of benzene rings is 1. The van der Waals surface area contributed by atoms with Crippen molar-refractivity contribution in [3.05, 3.63) is 47.0 Å². The highest BCUT2D eigenvalue weighted by molar-refractivity contribution is 5.28. The van der Waals surface area contributed by atoms with Crippen molar-refractivity contribution in [2.75, 3.05) is 0 Å². The van der Waals surface area contributed by atoms with Gasteiger partial charge in [-0.15, -0.1) is 0 Å². The zero-order valence-corrected chi connectivity index (χ0v) is 8.70. The monoisotopic (exact) mass is 202 g/mol. The minimum atomic E-state index is 0.379. The highest BCUT2D eigenvalue weighted by Gasteiger charge is 2.04. The number of aromatic amines is 1. The third-order valence-corrected chi connectivity index (χ3v) is 2.38. The van der Waals surface area contributed by atoms with E-state index in [9.17, 15) is 0 Å². The van der Waals surface area contributed by atoms with Gasteiger partial charge in [0.2, 0.25) is 0 Å². The number of nitrogens with two attached hydrogens (primary N) is 1. The molecule has 0 saturated carbocycles. The fourth-order valence-corrected chi connectivity index (χ4v) is 1.49. The van der Waals surface area contributed by atoms with Gasteiger partial charge in [0, 0.05) is 6.42 Å². The third-order valence-electron chi connectivity index (χ3n) is 2.38. The van der Waals surface area contributed by atoms with Gasteiger partial charge in [-0.1, -0.05) is 24.3 Å². The molecule has 0 bridgehead atoms. The molecule has 15 heavy (non-hydrogen) atoms. The topological polar surface area (TPSA) is 67.6 Å². The molecule has 0 unspecified atom stereocenters. The van der Waals surface area contributed by atoms with E-state index in [0.29, 0.717) is 12.4 Å². The Bertz CT molecular complexity index is 447. The number of nitrogens with zero attached hydrogens (tertiary/aromatic N) is 2. The summed E-state index contributed by atoms with van der Waals surface area (Å²) in [5.41, 5.74) is 7.97. The Labute approximate surface area is 88.5 Å². The standard InChI is InChI=1S/C11H14N4/c1-8-4-2-3-5-9(8)6-10-13-11(7-12)15-14-10/h2-5H,6-7,12H2,1H3,(H,13,14,15). The Kier molecular flexibility index (Phi) is 2.78. The van der Waals surface area contributed by atoms with Gasteiger partial charge in [0.15, 0.2) is 5.82 Å². The Morgan fingerprint density at radius 2 is 2.13 bits per heavy atom. The van der Waals surface area contributed by atoms with Gasteiger partial charge >= 0.3 is 0 Å². The molecule has 0 aliphatic heterocycles. The summed E-state index contributed by atoms with van der Waals surface area (Å²) in [5.74, 6) is 1.53. The van der Waals surface area contributed by atoms with E-state index in [1.807, 2.05) is 12.1 Å². The van der Waals surface area contributed by atoms with E-state index >= 15 is 0 Å². The van der Waals surface area contributed by atoms with Gasteiger partial charge in [-0.2, -0.15) is 5.10 Å². The second-order valence-corrected chi connectivity index (χ2v) is 3.51. The first kappa shape index (κ1) is 9.86. The van der Waals surface area contributed by atoms with Crippen LogP contribution in [0.5, 0.6) is 0 Å². The Balaban J connectivity index is 2.18. The molecular weight excluding hydrogens is 188 g/mol. The summed E-state index contributed by atoms with van der Waals surface area (Å²) in [4.78, 5) is 4.27. The van der Waals surface area contributed by atoms with Crippen molar-refractivity contribution in [1.82, 2.24) is 15.2 Å². The van der Waals surface area contributed by atoms with Gasteiger partial charge in [0.25, 0.3) is 0 Å². The predicted octanol–water partition coefficient (Wildman–Crippen LogP) is 1.16. The van der Waals surface area contributed by atoms with E-state index in [1.54, 1.807) is 0 Å². The smallest absolute Gasteiger partial charge is 0.164 e. The average molecular weight is 202 g/mol. The Morgan fingerprint density at radius 3 is 2.80 bits per heavy atom. The van der Waals surface area contributed by atoms with Crippen LogP contribution < -0.4 is 5.73 Å². The largest absolute Gasteiger partial charge is 0.324 e. The number of hydrogen-bond donors (Lipinski definition) is 2. The van der Waals surface area contributed by atoms with E-state index in [0.717, 1.165) is 12.2 Å². The SMILES string of the molecule is Cc1ccccc1Cc1nc(CN)n[nH]1. The summed E-state index contributed by atoms with van der Waals surface area (Å²) in [6, 6.07) is 8.25. The summed E-state index contributed by atoms with van der Waals surface area (Å²) >= 11 is 0. The fourth-order valence-electron chi connectivity index (χ4n) is 1.49. The van der Waals surface area contributed by atoms with E-state index in [-0.39, 0.29) is 0 Å². The number of nitrogens with one attached hydrogen (secondary N) is 1. The van der Waals surface area contributed by atoms with Crippen molar-refractivity contribution in [1.29, 1.82) is 0 Å². The zero-order chi connectivity index (χ0) is 10.7. The summed E-state index contributed by atoms with van der Waals surface area (Å²) in [6.45, 7) is 2.47. The van der Waals surface area contributed by atoms with Crippen LogP contribution in [-0.4, -0.2) is 15.2 Å². The highest BCUT2D eigenvalue weighted by Crippen LogP contribution is 2.10. The third kappa shape index (κ3) is 2.22. The molecule has 0 atom stereocenters. The van der Waals surface area contributed by atoms with Crippen LogP contribution in [0.3, 0.4) is 0 Å². The maximum Gasteiger partial charge on any atom is 0.164 e. The van der Waals surface area contributed by atoms with E-state index in [4.69, 9.17) is 5.73 Å². The molecule has 3 N–H and O–H groups in total. The molecule has 4 heteroatoms. The van der Waals surface area contributed by atoms with Crippen LogP contribution in [0.25, 0.3) is 0 Å². The number of hydrogen-bond acceptors (Lipinski definition) is 3. The van der Waals surface area contributed by atoms with Crippen molar-refractivity contribution >= 4 is 0 Å². The maximum absolute atomic E-state index is 5.44. The molecule has 0 fully saturated rings. The molecule has 0 aliphatic carbocycles. The first-order valence-corrected chi connectivity index (χ1v) is 4.94. The molecule has 4 nitrogen and oxygen atoms in total. The number of rotatable bonds is 3. The summed E-state index contributed by atoms with van der Waals surface area (Å²) < 4.78 is 0. The molecule has 78 valence electrons. The van der Waals surface area contributed by atoms with E-state index in [1.165, 1.54) is 11.1 Å². The second-order valence-electron chi connectivity index (χ2n) is 3.51. The first-order chi connectivity index (χ1) is 7.29. The van der Waals surface area contributed by atoms with Gasteiger partial charge in [-0.3, -0.25) is 5.10 Å². The van der Waals surface area contributed by atoms with Crippen LogP contribution in [0, 0.1) is 6.92 Å². The molecule has 1 heterocycles. The quantitative estimate of drug-likeness (QED) is 0.784. The van der Waals surface area contributed by atoms with Crippen LogP contribution in [0.1, 0.15) is 22.8 Å². The van der Waals surface area contributed by atoms with Gasteiger partial charge in [-0.25, -0.2) is 4.98 Å². The minimum Gasteiger partial charge on any atom is -0.324 e.